The molecule has 0 saturated carbocycles. The summed E-state index contributed by atoms with van der Waals surface area (Å²) in [6, 6.07) is 8.18. The Balaban J connectivity index is 1.64. The molecule has 0 bridgehead atoms. The number of benzene rings is 2. The van der Waals surface area contributed by atoms with Crippen molar-refractivity contribution in [3.8, 4) is 0 Å². The van der Waals surface area contributed by atoms with Crippen molar-refractivity contribution in [1.29, 1.82) is 0 Å². The molecule has 1 aromatic heterocycles. The van der Waals surface area contributed by atoms with Gasteiger partial charge in [0, 0.05) is 12.8 Å². The molecule has 7 nitrogen and oxygen atoms in total. The topological polar surface area (TPSA) is 96.4 Å². The second kappa shape index (κ2) is 6.64. The van der Waals surface area contributed by atoms with Gasteiger partial charge in [-0.3, -0.25) is 19.2 Å². The van der Waals surface area contributed by atoms with Gasteiger partial charge < -0.3 is 0 Å². The molecule has 0 unspecified atom stereocenters. The van der Waals surface area contributed by atoms with E-state index in [-0.39, 0.29) is 34.7 Å². The smallest absolute Gasteiger partial charge is 0.263 e. The molecule has 1 fully saturated rings. The predicted molar refractivity (Wildman–Crippen MR) is 103 cm³/mol. The third kappa shape index (κ3) is 3.25. The van der Waals surface area contributed by atoms with E-state index in [0.717, 1.165) is 16.2 Å². The highest BCUT2D eigenvalue weighted by Gasteiger charge is 2.31. The van der Waals surface area contributed by atoms with Crippen LogP contribution in [-0.2, 0) is 19.6 Å². The normalized spacial score (nSPS) is 14.9. The van der Waals surface area contributed by atoms with E-state index in [9.17, 15) is 22.4 Å². The number of carbonyl (C=O) groups excluding carboxylic acids is 2. The van der Waals surface area contributed by atoms with E-state index in [4.69, 9.17) is 0 Å². The summed E-state index contributed by atoms with van der Waals surface area (Å²) in [6.07, 6.45) is 0.302. The molecule has 0 spiro atoms. The molecule has 10 heteroatoms. The van der Waals surface area contributed by atoms with Gasteiger partial charge in [0.15, 0.2) is 5.13 Å². The number of aromatic nitrogens is 1. The number of amides is 2. The summed E-state index contributed by atoms with van der Waals surface area (Å²) in [5.74, 6) is -1.03. The van der Waals surface area contributed by atoms with Gasteiger partial charge in [-0.15, -0.1) is 0 Å². The summed E-state index contributed by atoms with van der Waals surface area (Å²) < 4.78 is 41.6. The fraction of sp³-hybridized carbons (Fsp3) is 0.167. The van der Waals surface area contributed by atoms with Gasteiger partial charge in [-0.05, 0) is 48.9 Å². The van der Waals surface area contributed by atoms with Crippen LogP contribution in [0.4, 0.5) is 15.2 Å². The first kappa shape index (κ1) is 18.5. The SMILES string of the molecule is Cc1cc(S(=O)(=O)Nc2nc3ccc(F)cc3s2)ccc1N1C(=O)CCC1=O. The van der Waals surface area contributed by atoms with Gasteiger partial charge in [-0.1, -0.05) is 11.3 Å². The van der Waals surface area contributed by atoms with Crippen molar-refractivity contribution < 1.29 is 22.4 Å². The number of rotatable bonds is 4. The molecule has 1 aliphatic heterocycles. The Morgan fingerprint density at radius 3 is 2.50 bits per heavy atom. The second-order valence-electron chi connectivity index (χ2n) is 6.31. The Bertz CT molecular complexity index is 1220. The van der Waals surface area contributed by atoms with Crippen molar-refractivity contribution in [1.82, 2.24) is 4.98 Å². The van der Waals surface area contributed by atoms with E-state index < -0.39 is 15.8 Å². The molecule has 2 amide bonds. The van der Waals surface area contributed by atoms with Crippen LogP contribution in [0.15, 0.2) is 41.3 Å². The van der Waals surface area contributed by atoms with Crippen molar-refractivity contribution in [3.05, 3.63) is 47.8 Å². The summed E-state index contributed by atoms with van der Waals surface area (Å²) in [5, 5.41) is 0.118. The number of nitrogens with zero attached hydrogens (tertiary/aromatic N) is 2. The summed E-state index contributed by atoms with van der Waals surface area (Å²) in [7, 11) is -3.95. The summed E-state index contributed by atoms with van der Waals surface area (Å²) in [6.45, 7) is 1.63. The van der Waals surface area contributed by atoms with Gasteiger partial charge in [0.25, 0.3) is 10.0 Å². The number of imide groups is 1. The molecule has 28 heavy (non-hydrogen) atoms. The van der Waals surface area contributed by atoms with Crippen LogP contribution in [0.5, 0.6) is 0 Å². The van der Waals surface area contributed by atoms with Crippen molar-refractivity contribution in [2.45, 2.75) is 24.7 Å². The van der Waals surface area contributed by atoms with Gasteiger partial charge in [0.1, 0.15) is 5.82 Å². The van der Waals surface area contributed by atoms with Crippen LogP contribution in [0, 0.1) is 12.7 Å². The first-order chi connectivity index (χ1) is 13.2. The van der Waals surface area contributed by atoms with E-state index in [1.54, 1.807) is 6.92 Å². The lowest BCUT2D eigenvalue weighted by Crippen LogP contribution is -2.29. The highest BCUT2D eigenvalue weighted by Crippen LogP contribution is 2.31. The molecule has 2 heterocycles. The van der Waals surface area contributed by atoms with Crippen LogP contribution in [0.2, 0.25) is 0 Å². The molecule has 144 valence electrons. The quantitative estimate of drug-likeness (QED) is 0.655. The Labute approximate surface area is 163 Å². The molecule has 4 rings (SSSR count). The van der Waals surface area contributed by atoms with Crippen molar-refractivity contribution in [2.24, 2.45) is 0 Å². The van der Waals surface area contributed by atoms with E-state index in [1.807, 2.05) is 0 Å². The fourth-order valence-electron chi connectivity index (χ4n) is 3.01. The second-order valence-corrected chi connectivity index (χ2v) is 9.02. The van der Waals surface area contributed by atoms with Crippen LogP contribution in [-0.4, -0.2) is 25.2 Å². The summed E-state index contributed by atoms with van der Waals surface area (Å²) >= 11 is 1.02. The summed E-state index contributed by atoms with van der Waals surface area (Å²) in [5.41, 5.74) is 1.35. The number of carbonyl (C=O) groups is 2. The van der Waals surface area contributed by atoms with Crippen LogP contribution >= 0.6 is 11.3 Å². The number of hydrogen-bond acceptors (Lipinski definition) is 6. The minimum atomic E-state index is -3.95. The Kier molecular flexibility index (Phi) is 4.39. The van der Waals surface area contributed by atoms with Crippen molar-refractivity contribution >= 4 is 54.2 Å². The standard InChI is InChI=1S/C18H14FN3O4S2/c1-10-8-12(3-5-14(10)22-16(23)6-7-17(22)24)28(25,26)21-18-20-13-4-2-11(19)9-15(13)27-18/h2-5,8-9H,6-7H2,1H3,(H,20,21). The number of aryl methyl sites for hydroxylation is 1. The lowest BCUT2D eigenvalue weighted by molar-refractivity contribution is -0.121. The molecule has 0 radical (unpaired) electrons. The van der Waals surface area contributed by atoms with E-state index in [2.05, 4.69) is 9.71 Å². The number of sulfonamides is 1. The first-order valence-corrected chi connectivity index (χ1v) is 10.6. The van der Waals surface area contributed by atoms with Crippen molar-refractivity contribution in [2.75, 3.05) is 9.62 Å². The maximum Gasteiger partial charge on any atom is 0.263 e. The Hall–Kier alpha value is -2.85. The zero-order chi connectivity index (χ0) is 20.1. The van der Waals surface area contributed by atoms with Crippen LogP contribution in [0.25, 0.3) is 10.2 Å². The van der Waals surface area contributed by atoms with Gasteiger partial charge >= 0.3 is 0 Å². The number of nitrogens with one attached hydrogen (secondary N) is 1. The fourth-order valence-corrected chi connectivity index (χ4v) is 5.22. The molecular weight excluding hydrogens is 405 g/mol. The predicted octanol–water partition coefficient (Wildman–Crippen LogP) is 3.20. The minimum absolute atomic E-state index is 0.0294. The van der Waals surface area contributed by atoms with E-state index in [1.165, 1.54) is 36.4 Å². The lowest BCUT2D eigenvalue weighted by atomic mass is 10.2. The monoisotopic (exact) mass is 419 g/mol. The van der Waals surface area contributed by atoms with Crippen LogP contribution < -0.4 is 9.62 Å². The molecule has 0 aliphatic carbocycles. The summed E-state index contributed by atoms with van der Waals surface area (Å²) in [4.78, 5) is 29.0. The largest absolute Gasteiger partial charge is 0.274 e. The van der Waals surface area contributed by atoms with E-state index >= 15 is 0 Å². The molecule has 1 aliphatic rings. The number of halogens is 1. The van der Waals surface area contributed by atoms with E-state index in [0.29, 0.717) is 21.5 Å². The van der Waals surface area contributed by atoms with Gasteiger partial charge in [-0.25, -0.2) is 17.8 Å². The average molecular weight is 419 g/mol. The molecular formula is C18H14FN3O4S2. The number of hydrogen-bond donors (Lipinski definition) is 1. The number of fused-ring (bicyclic) bond motifs is 1. The Morgan fingerprint density at radius 2 is 1.82 bits per heavy atom. The lowest BCUT2D eigenvalue weighted by Gasteiger charge is -2.17. The van der Waals surface area contributed by atoms with Crippen LogP contribution in [0.1, 0.15) is 18.4 Å². The van der Waals surface area contributed by atoms with Crippen LogP contribution in [0.3, 0.4) is 0 Å². The van der Waals surface area contributed by atoms with Gasteiger partial charge in [-0.2, -0.15) is 0 Å². The first-order valence-electron chi connectivity index (χ1n) is 8.30. The molecule has 3 aromatic rings. The highest BCUT2D eigenvalue weighted by atomic mass is 32.2. The molecule has 1 saturated heterocycles. The zero-order valence-corrected chi connectivity index (χ0v) is 16.2. The molecule has 1 N–H and O–H groups in total. The maximum absolute atomic E-state index is 13.3. The molecule has 2 aromatic carbocycles. The highest BCUT2D eigenvalue weighted by molar-refractivity contribution is 7.93. The third-order valence-corrected chi connectivity index (χ3v) is 6.74. The van der Waals surface area contributed by atoms with Crippen molar-refractivity contribution in [3.63, 3.8) is 0 Å². The molecule has 0 atom stereocenters. The average Bonchev–Trinajstić information content (AvgIpc) is 3.16. The number of thiazole rings is 1. The number of anilines is 2. The minimum Gasteiger partial charge on any atom is -0.274 e. The third-order valence-electron chi connectivity index (χ3n) is 4.34. The maximum atomic E-state index is 13.3. The zero-order valence-electron chi connectivity index (χ0n) is 14.6. The van der Waals surface area contributed by atoms with Gasteiger partial charge in [0.2, 0.25) is 11.8 Å². The Morgan fingerprint density at radius 1 is 1.11 bits per heavy atom. The van der Waals surface area contributed by atoms with Gasteiger partial charge in [0.05, 0.1) is 20.8 Å².